The van der Waals surface area contributed by atoms with E-state index in [0.717, 1.165) is 12.3 Å². The quantitative estimate of drug-likeness (QED) is 0.649. The van der Waals surface area contributed by atoms with Gasteiger partial charge in [0.15, 0.2) is 0 Å². The summed E-state index contributed by atoms with van der Waals surface area (Å²) in [6, 6.07) is 11.9. The van der Waals surface area contributed by atoms with Crippen LogP contribution < -0.4 is 0 Å². The lowest BCUT2D eigenvalue weighted by Crippen LogP contribution is -2.52. The van der Waals surface area contributed by atoms with Gasteiger partial charge in [-0.15, -0.1) is 0 Å². The Hall–Kier alpha value is 0.01000. The minimum absolute atomic E-state index is 0.551. The van der Waals surface area contributed by atoms with Crippen LogP contribution in [0.5, 0.6) is 0 Å². The molecule has 1 heterocycles. The van der Waals surface area contributed by atoms with Crippen molar-refractivity contribution < 1.29 is 0 Å². The summed E-state index contributed by atoms with van der Waals surface area (Å²) in [5, 5.41) is 0. The molecule has 100 valence electrons. The molecule has 1 aliphatic rings. The number of piperidine rings is 1. The number of hydrogen-bond acceptors (Lipinski definition) is 2. The number of benzene rings is 1. The Balaban J connectivity index is 2.08. The van der Waals surface area contributed by atoms with Gasteiger partial charge in [0.1, 0.15) is 0 Å². The van der Waals surface area contributed by atoms with Crippen molar-refractivity contribution in [3.63, 3.8) is 0 Å². The number of nitrogens with zero attached hydrogens (tertiary/aromatic N) is 1. The number of thiol groups is 1. The highest BCUT2D eigenvalue weighted by Crippen LogP contribution is 2.34. The van der Waals surface area contributed by atoms with Crippen molar-refractivity contribution in [1.82, 2.24) is 4.90 Å². The Morgan fingerprint density at radius 1 is 1.28 bits per heavy atom. The molecule has 2 rings (SSSR count). The van der Waals surface area contributed by atoms with Gasteiger partial charge in [-0.05, 0) is 37.5 Å². The van der Waals surface area contributed by atoms with Gasteiger partial charge in [0.05, 0.1) is 0 Å². The third-order valence-electron chi connectivity index (χ3n) is 4.09. The fourth-order valence-electron chi connectivity index (χ4n) is 2.95. The molecule has 1 fully saturated rings. The molecule has 18 heavy (non-hydrogen) atoms. The Bertz CT molecular complexity index is 370. The van der Waals surface area contributed by atoms with Crippen LogP contribution in [0.15, 0.2) is 30.3 Å². The fourth-order valence-corrected chi connectivity index (χ4v) is 4.32. The van der Waals surface area contributed by atoms with E-state index >= 15 is 0 Å². The predicted molar refractivity (Wildman–Crippen MR) is 85.6 cm³/mol. The lowest BCUT2D eigenvalue weighted by atomic mass is 9.88. The maximum Gasteiger partial charge on any atom is 0.0335 e. The third kappa shape index (κ3) is 3.12. The van der Waals surface area contributed by atoms with E-state index in [-0.39, 0.29) is 0 Å². The summed E-state index contributed by atoms with van der Waals surface area (Å²) in [6.07, 6.45) is 1.23. The normalized spacial score (nSPS) is 33.6. The van der Waals surface area contributed by atoms with Gasteiger partial charge in [-0.2, -0.15) is 12.6 Å². The van der Waals surface area contributed by atoms with Crippen molar-refractivity contribution in [3.8, 4) is 0 Å². The van der Waals surface area contributed by atoms with Crippen molar-refractivity contribution in [2.45, 2.75) is 43.7 Å². The summed E-state index contributed by atoms with van der Waals surface area (Å²) in [4.78, 5) is 3.16. The molecule has 4 atom stereocenters. The van der Waals surface area contributed by atoms with Gasteiger partial charge in [-0.3, -0.25) is 4.90 Å². The molecule has 0 aromatic heterocycles. The number of rotatable bonds is 3. The maximum atomic E-state index is 4.48. The van der Waals surface area contributed by atoms with E-state index in [9.17, 15) is 0 Å². The van der Waals surface area contributed by atoms with E-state index in [1.807, 2.05) is 0 Å². The number of halogens is 1. The summed E-state index contributed by atoms with van der Waals surface area (Å²) >= 11 is 8.36. The van der Waals surface area contributed by atoms with E-state index < -0.39 is 0 Å². The Kier molecular flexibility index (Phi) is 5.16. The third-order valence-corrected chi connectivity index (χ3v) is 6.07. The molecule has 3 heteroatoms. The van der Waals surface area contributed by atoms with Crippen molar-refractivity contribution >= 4 is 28.6 Å². The Labute approximate surface area is 124 Å². The highest BCUT2D eigenvalue weighted by Gasteiger charge is 2.36. The standard InChI is InChI=1S/C15H22BrNS/c1-11-8-14(10-18)15(16)12(2)17(11)9-13-6-4-3-5-7-13/h3-7,11-12,14-15,18H,8-10H2,1-2H3. The summed E-state index contributed by atoms with van der Waals surface area (Å²) in [6.45, 7) is 5.72. The van der Waals surface area contributed by atoms with Crippen molar-refractivity contribution in [2.75, 3.05) is 5.75 Å². The second-order valence-electron chi connectivity index (χ2n) is 5.37. The van der Waals surface area contributed by atoms with Gasteiger partial charge >= 0.3 is 0 Å². The Morgan fingerprint density at radius 2 is 1.94 bits per heavy atom. The van der Waals surface area contributed by atoms with Crippen LogP contribution in [-0.2, 0) is 6.54 Å². The van der Waals surface area contributed by atoms with E-state index in [0.29, 0.717) is 22.8 Å². The van der Waals surface area contributed by atoms with Crippen LogP contribution >= 0.6 is 28.6 Å². The molecule has 1 aromatic carbocycles. The van der Waals surface area contributed by atoms with Gasteiger partial charge in [0, 0.05) is 23.5 Å². The molecule has 0 spiro atoms. The summed E-state index contributed by atoms with van der Waals surface area (Å²) in [5.74, 6) is 1.66. The van der Waals surface area contributed by atoms with Crippen LogP contribution in [0.4, 0.5) is 0 Å². The van der Waals surface area contributed by atoms with Crippen molar-refractivity contribution in [2.24, 2.45) is 5.92 Å². The second kappa shape index (κ2) is 6.44. The van der Waals surface area contributed by atoms with Crippen LogP contribution in [0.3, 0.4) is 0 Å². The SMILES string of the molecule is CC1CC(CS)C(Br)C(C)N1Cc1ccccc1. The maximum absolute atomic E-state index is 4.48. The van der Waals surface area contributed by atoms with E-state index in [2.05, 4.69) is 77.6 Å². The van der Waals surface area contributed by atoms with Gasteiger partial charge < -0.3 is 0 Å². The van der Waals surface area contributed by atoms with Crippen LogP contribution in [0.1, 0.15) is 25.8 Å². The van der Waals surface area contributed by atoms with Gasteiger partial charge in [-0.1, -0.05) is 46.3 Å². The van der Waals surface area contributed by atoms with E-state index in [1.165, 1.54) is 12.0 Å². The van der Waals surface area contributed by atoms with Gasteiger partial charge in [0.25, 0.3) is 0 Å². The van der Waals surface area contributed by atoms with Crippen molar-refractivity contribution in [3.05, 3.63) is 35.9 Å². The van der Waals surface area contributed by atoms with Crippen LogP contribution in [0, 0.1) is 5.92 Å². The minimum atomic E-state index is 0.551. The van der Waals surface area contributed by atoms with Gasteiger partial charge in [-0.25, -0.2) is 0 Å². The van der Waals surface area contributed by atoms with Crippen LogP contribution in [0.25, 0.3) is 0 Å². The number of alkyl halides is 1. The summed E-state index contributed by atoms with van der Waals surface area (Å²) in [7, 11) is 0. The number of likely N-dealkylation sites (tertiary alicyclic amines) is 1. The smallest absolute Gasteiger partial charge is 0.0335 e. The molecule has 0 aliphatic carbocycles. The largest absolute Gasteiger partial charge is 0.293 e. The fraction of sp³-hybridized carbons (Fsp3) is 0.600. The average molecular weight is 328 g/mol. The minimum Gasteiger partial charge on any atom is -0.293 e. The first-order valence-electron chi connectivity index (χ1n) is 6.68. The number of hydrogen-bond donors (Lipinski definition) is 1. The zero-order valence-corrected chi connectivity index (χ0v) is 13.6. The molecule has 0 saturated carbocycles. The Morgan fingerprint density at radius 3 is 2.56 bits per heavy atom. The molecule has 4 unspecified atom stereocenters. The summed E-state index contributed by atoms with van der Waals surface area (Å²) < 4.78 is 0. The highest BCUT2D eigenvalue weighted by molar-refractivity contribution is 9.09. The molecule has 0 bridgehead atoms. The molecule has 1 aliphatic heterocycles. The molecular formula is C15H22BrNS. The first-order valence-corrected chi connectivity index (χ1v) is 8.23. The molecule has 0 amide bonds. The van der Waals surface area contributed by atoms with Gasteiger partial charge in [0.2, 0.25) is 0 Å². The molecule has 1 nitrogen and oxygen atoms in total. The lowest BCUT2D eigenvalue weighted by Gasteiger charge is -2.45. The molecule has 1 saturated heterocycles. The van der Waals surface area contributed by atoms with E-state index in [4.69, 9.17) is 0 Å². The van der Waals surface area contributed by atoms with Crippen LogP contribution in [-0.4, -0.2) is 27.6 Å². The predicted octanol–water partition coefficient (Wildman–Crippen LogP) is 3.98. The zero-order chi connectivity index (χ0) is 13.1. The highest BCUT2D eigenvalue weighted by atomic mass is 79.9. The second-order valence-corrected chi connectivity index (χ2v) is 6.79. The average Bonchev–Trinajstić information content (AvgIpc) is 2.40. The lowest BCUT2D eigenvalue weighted by molar-refractivity contribution is 0.0773. The molecule has 1 aromatic rings. The van der Waals surface area contributed by atoms with Crippen molar-refractivity contribution in [1.29, 1.82) is 0 Å². The molecular weight excluding hydrogens is 306 g/mol. The first-order chi connectivity index (χ1) is 8.63. The zero-order valence-electron chi connectivity index (χ0n) is 11.1. The molecule has 0 radical (unpaired) electrons. The van der Waals surface area contributed by atoms with E-state index in [1.54, 1.807) is 0 Å². The first kappa shape index (κ1) is 14.4. The molecule has 0 N–H and O–H groups in total. The monoisotopic (exact) mass is 327 g/mol. The topological polar surface area (TPSA) is 3.24 Å². The van der Waals surface area contributed by atoms with Crippen LogP contribution in [0.2, 0.25) is 0 Å². The summed E-state index contributed by atoms with van der Waals surface area (Å²) in [5.41, 5.74) is 1.40.